The third-order valence-corrected chi connectivity index (χ3v) is 9.56. The lowest BCUT2D eigenvalue weighted by Crippen LogP contribution is -2.06. The summed E-state index contributed by atoms with van der Waals surface area (Å²) in [5, 5.41) is 0. The van der Waals surface area contributed by atoms with E-state index in [0.29, 0.717) is 0 Å². The van der Waals surface area contributed by atoms with Gasteiger partial charge in [-0.05, 0) is 127 Å². The van der Waals surface area contributed by atoms with E-state index >= 15 is 0 Å². The van der Waals surface area contributed by atoms with Crippen molar-refractivity contribution >= 4 is 31.9 Å². The first-order chi connectivity index (χ1) is 22.1. The zero-order valence-electron chi connectivity index (χ0n) is 25.3. The van der Waals surface area contributed by atoms with Crippen LogP contribution in [-0.2, 0) is 38.5 Å². The molecule has 45 heavy (non-hydrogen) atoms. The summed E-state index contributed by atoms with van der Waals surface area (Å²) in [6.07, 6.45) is 5.33. The molecular weight excluding hydrogens is 680 g/mol. The second kappa shape index (κ2) is 15.4. The molecule has 3 heteroatoms. The molecule has 0 spiro atoms. The fourth-order valence-electron chi connectivity index (χ4n) is 5.94. The van der Waals surface area contributed by atoms with Crippen LogP contribution in [0, 0.1) is 0 Å². The molecule has 0 aliphatic heterocycles. The molecule has 6 aromatic carbocycles. The van der Waals surface area contributed by atoms with Crippen LogP contribution in [0.1, 0.15) is 44.5 Å². The van der Waals surface area contributed by atoms with E-state index in [2.05, 4.69) is 177 Å². The fraction of sp³-hybridized carbons (Fsp3) is 0.143. The predicted octanol–water partition coefficient (Wildman–Crippen LogP) is 11.8. The van der Waals surface area contributed by atoms with E-state index in [1.54, 1.807) is 0 Å². The van der Waals surface area contributed by atoms with Crippen LogP contribution >= 0.6 is 31.9 Å². The Bertz CT molecular complexity index is 1680. The minimum absolute atomic E-state index is 0.852. The van der Waals surface area contributed by atoms with Gasteiger partial charge in [0.15, 0.2) is 0 Å². The van der Waals surface area contributed by atoms with Crippen LogP contribution in [0.2, 0.25) is 0 Å². The Morgan fingerprint density at radius 1 is 0.356 bits per heavy atom. The molecule has 0 saturated heterocycles. The maximum absolute atomic E-state index is 7.14. The van der Waals surface area contributed by atoms with Gasteiger partial charge in [0.2, 0.25) is 0 Å². The van der Waals surface area contributed by atoms with Crippen LogP contribution in [0.15, 0.2) is 155 Å². The summed E-state index contributed by atoms with van der Waals surface area (Å²) >= 11 is 7.81. The van der Waals surface area contributed by atoms with Gasteiger partial charge in [0.1, 0.15) is 11.5 Å². The fourth-order valence-corrected chi connectivity index (χ4v) is 6.85. The summed E-state index contributed by atoms with van der Waals surface area (Å²) < 4.78 is 9.08. The zero-order chi connectivity index (χ0) is 30.8. The van der Waals surface area contributed by atoms with Crippen molar-refractivity contribution < 1.29 is 4.74 Å². The average Bonchev–Trinajstić information content (AvgIpc) is 3.08. The molecule has 0 heterocycles. The van der Waals surface area contributed by atoms with Crippen LogP contribution in [0.5, 0.6) is 11.5 Å². The summed E-state index contributed by atoms with van der Waals surface area (Å²) in [5.41, 5.74) is 10.3. The largest absolute Gasteiger partial charge is 0.454 e. The Balaban J connectivity index is 1.42. The minimum Gasteiger partial charge on any atom is -0.454 e. The van der Waals surface area contributed by atoms with Crippen molar-refractivity contribution in [1.82, 2.24) is 0 Å². The van der Waals surface area contributed by atoms with Gasteiger partial charge in [-0.1, -0.05) is 133 Å². The summed E-state index contributed by atoms with van der Waals surface area (Å²) in [4.78, 5) is 0. The summed E-state index contributed by atoms with van der Waals surface area (Å²) in [5.74, 6) is 1.80. The number of benzene rings is 6. The number of ether oxygens (including phenoxy) is 1. The summed E-state index contributed by atoms with van der Waals surface area (Å²) in [6, 6.07) is 51.7. The lowest BCUT2D eigenvalue weighted by molar-refractivity contribution is 0.462. The lowest BCUT2D eigenvalue weighted by atomic mass is 9.93. The van der Waals surface area contributed by atoms with Crippen molar-refractivity contribution in [2.45, 2.75) is 38.5 Å². The van der Waals surface area contributed by atoms with E-state index in [1.165, 1.54) is 44.5 Å². The highest BCUT2D eigenvalue weighted by molar-refractivity contribution is 9.11. The average molecular weight is 717 g/mol. The van der Waals surface area contributed by atoms with Crippen LogP contribution in [-0.4, -0.2) is 0 Å². The molecule has 6 aromatic rings. The van der Waals surface area contributed by atoms with E-state index in [0.717, 1.165) is 59.0 Å². The highest BCUT2D eigenvalue weighted by Gasteiger charge is 2.20. The van der Waals surface area contributed by atoms with Crippen molar-refractivity contribution in [2.24, 2.45) is 0 Å². The molecule has 0 bridgehead atoms. The third kappa shape index (κ3) is 8.22. The standard InChI is InChI=1S/C42H36Br2O/c43-39-27-23-35(29-33-17-9-3-10-18-33)37(25-21-31-13-5-1-6-14-31)41(39)45-42-38(26-22-32-15-7-2-8-16-32)36(24-28-40(42)44)30-34-19-11-4-12-20-34/h1-20,23-24,27-28H,21-22,25-26,29-30H2. The van der Waals surface area contributed by atoms with Gasteiger partial charge < -0.3 is 4.74 Å². The van der Waals surface area contributed by atoms with Gasteiger partial charge in [-0.3, -0.25) is 0 Å². The predicted molar refractivity (Wildman–Crippen MR) is 195 cm³/mol. The van der Waals surface area contributed by atoms with Crippen molar-refractivity contribution in [3.05, 3.63) is 199 Å². The van der Waals surface area contributed by atoms with E-state index in [4.69, 9.17) is 4.74 Å². The summed E-state index contributed by atoms with van der Waals surface area (Å²) in [6.45, 7) is 0. The molecule has 0 fully saturated rings. The van der Waals surface area contributed by atoms with E-state index in [1.807, 2.05) is 0 Å². The van der Waals surface area contributed by atoms with Gasteiger partial charge in [0.05, 0.1) is 8.95 Å². The van der Waals surface area contributed by atoms with Gasteiger partial charge in [0.25, 0.3) is 0 Å². The SMILES string of the molecule is Brc1ccc(Cc2ccccc2)c(CCc2ccccc2)c1Oc1c(Br)ccc(Cc2ccccc2)c1CCc1ccccc1. The lowest BCUT2D eigenvalue weighted by Gasteiger charge is -2.22. The molecule has 224 valence electrons. The van der Waals surface area contributed by atoms with Gasteiger partial charge in [-0.25, -0.2) is 0 Å². The highest BCUT2D eigenvalue weighted by Crippen LogP contribution is 2.42. The number of halogens is 2. The second-order valence-electron chi connectivity index (χ2n) is 11.4. The molecule has 0 radical (unpaired) electrons. The molecular formula is C42H36Br2O. The molecule has 0 aromatic heterocycles. The monoisotopic (exact) mass is 714 g/mol. The van der Waals surface area contributed by atoms with Crippen LogP contribution in [0.3, 0.4) is 0 Å². The quantitative estimate of drug-likeness (QED) is 0.123. The highest BCUT2D eigenvalue weighted by atomic mass is 79.9. The van der Waals surface area contributed by atoms with E-state index in [-0.39, 0.29) is 0 Å². The Morgan fingerprint density at radius 2 is 0.689 bits per heavy atom. The van der Waals surface area contributed by atoms with E-state index < -0.39 is 0 Å². The van der Waals surface area contributed by atoms with E-state index in [9.17, 15) is 0 Å². The van der Waals surface area contributed by atoms with Gasteiger partial charge in [0, 0.05) is 0 Å². The number of hydrogen-bond acceptors (Lipinski definition) is 1. The van der Waals surface area contributed by atoms with Crippen molar-refractivity contribution in [2.75, 3.05) is 0 Å². The van der Waals surface area contributed by atoms with Crippen LogP contribution in [0.25, 0.3) is 0 Å². The molecule has 0 saturated carbocycles. The zero-order valence-corrected chi connectivity index (χ0v) is 28.4. The Morgan fingerprint density at radius 3 is 1.04 bits per heavy atom. The first-order valence-corrected chi connectivity index (χ1v) is 17.2. The molecule has 0 aliphatic carbocycles. The number of aryl methyl sites for hydroxylation is 2. The molecule has 0 aliphatic rings. The molecule has 0 atom stereocenters. The normalized spacial score (nSPS) is 11.0. The molecule has 0 unspecified atom stereocenters. The van der Waals surface area contributed by atoms with Crippen LogP contribution in [0.4, 0.5) is 0 Å². The maximum Gasteiger partial charge on any atom is 0.145 e. The first kappa shape index (κ1) is 31.1. The van der Waals surface area contributed by atoms with Crippen molar-refractivity contribution in [3.8, 4) is 11.5 Å². The third-order valence-electron chi connectivity index (χ3n) is 8.31. The topological polar surface area (TPSA) is 9.23 Å². The molecule has 1 nitrogen and oxygen atoms in total. The Labute approximate surface area is 284 Å². The molecule has 0 N–H and O–H groups in total. The smallest absolute Gasteiger partial charge is 0.145 e. The van der Waals surface area contributed by atoms with Crippen LogP contribution < -0.4 is 4.74 Å². The molecule has 0 amide bonds. The number of rotatable bonds is 12. The Kier molecular flexibility index (Phi) is 10.6. The Hall–Kier alpha value is -3.92. The maximum atomic E-state index is 7.14. The first-order valence-electron chi connectivity index (χ1n) is 15.6. The van der Waals surface area contributed by atoms with Gasteiger partial charge >= 0.3 is 0 Å². The van der Waals surface area contributed by atoms with Crippen molar-refractivity contribution in [1.29, 1.82) is 0 Å². The second-order valence-corrected chi connectivity index (χ2v) is 13.1. The minimum atomic E-state index is 0.852. The summed E-state index contributed by atoms with van der Waals surface area (Å²) in [7, 11) is 0. The van der Waals surface area contributed by atoms with Gasteiger partial charge in [-0.2, -0.15) is 0 Å². The molecule has 6 rings (SSSR count). The van der Waals surface area contributed by atoms with Gasteiger partial charge in [-0.15, -0.1) is 0 Å². The van der Waals surface area contributed by atoms with Crippen molar-refractivity contribution in [3.63, 3.8) is 0 Å². The number of hydrogen-bond donors (Lipinski definition) is 0.